The largest absolute Gasteiger partial charge is 0.497 e. The van der Waals surface area contributed by atoms with Crippen molar-refractivity contribution in [1.29, 1.82) is 0 Å². The molecule has 1 fully saturated rings. The quantitative estimate of drug-likeness (QED) is 0.655. The van der Waals surface area contributed by atoms with Crippen LogP contribution < -0.4 is 4.74 Å². The highest BCUT2D eigenvalue weighted by atomic mass is 32.1. The summed E-state index contributed by atoms with van der Waals surface area (Å²) in [5.41, 5.74) is 1.31. The lowest BCUT2D eigenvalue weighted by molar-refractivity contribution is -0.130. The van der Waals surface area contributed by atoms with Crippen molar-refractivity contribution in [3.05, 3.63) is 52.2 Å². The van der Waals surface area contributed by atoms with E-state index in [-0.39, 0.29) is 5.91 Å². The maximum Gasteiger partial charge on any atom is 0.219 e. The van der Waals surface area contributed by atoms with Crippen molar-refractivity contribution in [2.45, 2.75) is 33.2 Å². The van der Waals surface area contributed by atoms with Gasteiger partial charge in [-0.25, -0.2) is 0 Å². The van der Waals surface area contributed by atoms with Crippen LogP contribution in [0.25, 0.3) is 0 Å². The Kier molecular flexibility index (Phi) is 7.13. The first-order valence-electron chi connectivity index (χ1n) is 10.1. The third kappa shape index (κ3) is 5.36. The number of ether oxygens (including phenoxy) is 1. The average molecular weight is 401 g/mol. The third-order valence-corrected chi connectivity index (χ3v) is 6.35. The first-order valence-corrected chi connectivity index (χ1v) is 11.0. The molecule has 2 unspecified atom stereocenters. The van der Waals surface area contributed by atoms with Crippen molar-refractivity contribution in [2.24, 2.45) is 11.8 Å². The molecule has 2 atom stereocenters. The second kappa shape index (κ2) is 9.57. The molecule has 0 aliphatic carbocycles. The number of likely N-dealkylation sites (tertiary alicyclic amines) is 1. The lowest BCUT2D eigenvalue weighted by atomic mass is 9.88. The number of benzene rings is 1. The van der Waals surface area contributed by atoms with Crippen LogP contribution in [0.15, 0.2) is 41.8 Å². The molecule has 5 heteroatoms. The van der Waals surface area contributed by atoms with Gasteiger partial charge in [0.2, 0.25) is 5.91 Å². The monoisotopic (exact) mass is 400 g/mol. The van der Waals surface area contributed by atoms with Crippen molar-refractivity contribution in [3.63, 3.8) is 0 Å². The van der Waals surface area contributed by atoms with Crippen molar-refractivity contribution in [3.8, 4) is 5.75 Å². The molecular weight excluding hydrogens is 368 g/mol. The van der Waals surface area contributed by atoms with E-state index in [4.69, 9.17) is 4.74 Å². The number of amides is 1. The zero-order valence-electron chi connectivity index (χ0n) is 17.4. The Bertz CT molecular complexity index is 760. The molecule has 2 aromatic rings. The van der Waals surface area contributed by atoms with E-state index >= 15 is 0 Å². The van der Waals surface area contributed by atoms with Gasteiger partial charge in [-0.15, -0.1) is 11.3 Å². The summed E-state index contributed by atoms with van der Waals surface area (Å²) in [5.74, 6) is 2.38. The first-order chi connectivity index (χ1) is 13.5. The molecule has 3 rings (SSSR count). The number of carbonyl (C=O) groups is 1. The number of nitrogens with zero attached hydrogens (tertiary/aromatic N) is 2. The Balaban J connectivity index is 1.80. The van der Waals surface area contributed by atoms with Gasteiger partial charge >= 0.3 is 0 Å². The molecule has 1 aliphatic heterocycles. The lowest BCUT2D eigenvalue weighted by Crippen LogP contribution is -2.38. The molecule has 2 heterocycles. The van der Waals surface area contributed by atoms with Gasteiger partial charge in [-0.3, -0.25) is 9.69 Å². The highest BCUT2D eigenvalue weighted by Gasteiger charge is 2.35. The number of methoxy groups -OCH3 is 1. The van der Waals surface area contributed by atoms with Crippen LogP contribution in [-0.4, -0.2) is 49.0 Å². The number of carbonyl (C=O) groups excluding carboxylic acids is 1. The van der Waals surface area contributed by atoms with Crippen LogP contribution in [0.3, 0.4) is 0 Å². The van der Waals surface area contributed by atoms with Crippen LogP contribution in [0, 0.1) is 11.8 Å². The predicted molar refractivity (Wildman–Crippen MR) is 116 cm³/mol. The number of rotatable bonds is 8. The second-order valence-electron chi connectivity index (χ2n) is 8.23. The number of hydrogen-bond acceptors (Lipinski definition) is 4. The summed E-state index contributed by atoms with van der Waals surface area (Å²) in [4.78, 5) is 18.2. The summed E-state index contributed by atoms with van der Waals surface area (Å²) in [6, 6.07) is 12.8. The summed E-state index contributed by atoms with van der Waals surface area (Å²) in [5, 5.41) is 2.14. The third-order valence-electron chi connectivity index (χ3n) is 5.48. The minimum Gasteiger partial charge on any atom is -0.497 e. The molecular formula is C23H32N2O2S. The Morgan fingerprint density at radius 1 is 1.29 bits per heavy atom. The molecule has 0 saturated carbocycles. The van der Waals surface area contributed by atoms with E-state index in [1.807, 2.05) is 22.3 Å². The predicted octanol–water partition coefficient (Wildman–Crippen LogP) is 4.48. The van der Waals surface area contributed by atoms with E-state index in [0.717, 1.165) is 38.5 Å². The van der Waals surface area contributed by atoms with E-state index < -0.39 is 0 Å². The Morgan fingerprint density at radius 3 is 2.75 bits per heavy atom. The van der Waals surface area contributed by atoms with Crippen LogP contribution >= 0.6 is 11.3 Å². The Labute approximate surface area is 173 Å². The smallest absolute Gasteiger partial charge is 0.219 e. The number of thiophene rings is 1. The fourth-order valence-corrected chi connectivity index (χ4v) is 4.95. The molecule has 152 valence electrons. The number of hydrogen-bond donors (Lipinski definition) is 0. The van der Waals surface area contributed by atoms with Gasteiger partial charge in [-0.2, -0.15) is 0 Å². The Hall–Kier alpha value is -1.85. The van der Waals surface area contributed by atoms with Gasteiger partial charge < -0.3 is 9.64 Å². The van der Waals surface area contributed by atoms with Crippen molar-refractivity contribution in [1.82, 2.24) is 9.80 Å². The van der Waals surface area contributed by atoms with Crippen molar-refractivity contribution in [2.75, 3.05) is 33.3 Å². The van der Waals surface area contributed by atoms with Crippen LogP contribution in [0.1, 0.15) is 37.1 Å². The Morgan fingerprint density at radius 2 is 2.11 bits per heavy atom. The molecule has 0 N–H and O–H groups in total. The van der Waals surface area contributed by atoms with Gasteiger partial charge in [0.05, 0.1) is 7.11 Å². The SMILES string of the molecule is COc1cccc(C2CN(Cc3cccs3)CC2CN(CC(C)C)C(C)=O)c1. The molecule has 1 aliphatic rings. The van der Waals surface area contributed by atoms with Crippen LogP contribution in [-0.2, 0) is 11.3 Å². The maximum absolute atomic E-state index is 12.2. The van der Waals surface area contributed by atoms with Gasteiger partial charge in [0.25, 0.3) is 0 Å². The minimum atomic E-state index is 0.176. The molecule has 0 radical (unpaired) electrons. The average Bonchev–Trinajstić information content (AvgIpc) is 3.31. The highest BCUT2D eigenvalue weighted by molar-refractivity contribution is 7.09. The van der Waals surface area contributed by atoms with E-state index in [1.54, 1.807) is 14.0 Å². The molecule has 1 saturated heterocycles. The van der Waals surface area contributed by atoms with Gasteiger partial charge in [0.15, 0.2) is 0 Å². The zero-order valence-corrected chi connectivity index (χ0v) is 18.2. The summed E-state index contributed by atoms with van der Waals surface area (Å²) < 4.78 is 5.46. The summed E-state index contributed by atoms with van der Waals surface area (Å²) in [6.45, 7) is 10.7. The molecule has 0 bridgehead atoms. The van der Waals surface area contributed by atoms with E-state index in [9.17, 15) is 4.79 Å². The fourth-order valence-electron chi connectivity index (χ4n) is 4.20. The van der Waals surface area contributed by atoms with Gasteiger partial charge in [-0.1, -0.05) is 32.0 Å². The van der Waals surface area contributed by atoms with Gasteiger partial charge in [0, 0.05) is 50.4 Å². The minimum absolute atomic E-state index is 0.176. The molecule has 0 spiro atoms. The summed E-state index contributed by atoms with van der Waals surface area (Å²) in [6.07, 6.45) is 0. The zero-order chi connectivity index (χ0) is 20.1. The second-order valence-corrected chi connectivity index (χ2v) is 9.27. The van der Waals surface area contributed by atoms with Crippen molar-refractivity contribution < 1.29 is 9.53 Å². The van der Waals surface area contributed by atoms with Gasteiger partial charge in [0.1, 0.15) is 5.75 Å². The van der Waals surface area contributed by atoms with E-state index in [0.29, 0.717) is 17.8 Å². The first kappa shape index (κ1) is 20.9. The van der Waals surface area contributed by atoms with Crippen LogP contribution in [0.2, 0.25) is 0 Å². The van der Waals surface area contributed by atoms with Crippen LogP contribution in [0.5, 0.6) is 5.75 Å². The standard InChI is InChI=1S/C23H32N2O2S/c1-17(2)12-25(18(3)26)14-20-13-24(15-22-9-6-10-28-22)16-23(20)19-7-5-8-21(11-19)27-4/h5-11,17,20,23H,12-16H2,1-4H3. The fraction of sp³-hybridized carbons (Fsp3) is 0.522. The maximum atomic E-state index is 12.2. The lowest BCUT2D eigenvalue weighted by Gasteiger charge is -2.29. The van der Waals surface area contributed by atoms with Gasteiger partial charge in [-0.05, 0) is 41.0 Å². The van der Waals surface area contributed by atoms with E-state index in [1.165, 1.54) is 10.4 Å². The molecule has 4 nitrogen and oxygen atoms in total. The molecule has 1 aromatic carbocycles. The summed E-state index contributed by atoms with van der Waals surface area (Å²) >= 11 is 1.82. The van der Waals surface area contributed by atoms with E-state index in [2.05, 4.69) is 54.5 Å². The topological polar surface area (TPSA) is 32.8 Å². The molecule has 1 amide bonds. The highest BCUT2D eigenvalue weighted by Crippen LogP contribution is 2.36. The van der Waals surface area contributed by atoms with Crippen molar-refractivity contribution >= 4 is 17.2 Å². The van der Waals surface area contributed by atoms with Crippen LogP contribution in [0.4, 0.5) is 0 Å². The molecule has 28 heavy (non-hydrogen) atoms. The molecule has 1 aromatic heterocycles. The normalized spacial score (nSPS) is 19.9. The summed E-state index contributed by atoms with van der Waals surface area (Å²) in [7, 11) is 1.72.